The molecule has 0 radical (unpaired) electrons. The summed E-state index contributed by atoms with van der Waals surface area (Å²) >= 11 is 6.10. The lowest BCUT2D eigenvalue weighted by Crippen LogP contribution is -2.13. The van der Waals surface area contributed by atoms with Crippen LogP contribution < -0.4 is 5.32 Å². The molecule has 1 heterocycles. The van der Waals surface area contributed by atoms with Crippen LogP contribution in [0.15, 0.2) is 48.0 Å². The third-order valence-corrected chi connectivity index (χ3v) is 4.94. The third kappa shape index (κ3) is 3.22. The second kappa shape index (κ2) is 7.07. The molecule has 0 saturated carbocycles. The Morgan fingerprint density at radius 1 is 1.23 bits per heavy atom. The number of amides is 1. The van der Waals surface area contributed by atoms with Crippen LogP contribution in [0.3, 0.4) is 0 Å². The van der Waals surface area contributed by atoms with Crippen molar-refractivity contribution in [2.24, 2.45) is 7.05 Å². The van der Waals surface area contributed by atoms with E-state index in [0.717, 1.165) is 27.7 Å². The van der Waals surface area contributed by atoms with Crippen LogP contribution >= 0.6 is 11.6 Å². The molecule has 0 aliphatic heterocycles. The number of para-hydroxylation sites is 1. The van der Waals surface area contributed by atoms with Crippen molar-refractivity contribution in [3.8, 4) is 6.07 Å². The summed E-state index contributed by atoms with van der Waals surface area (Å²) in [6.07, 6.45) is 1.64. The fourth-order valence-corrected chi connectivity index (χ4v) is 3.07. The minimum atomic E-state index is -0.459. The number of hydrogen-bond acceptors (Lipinski definition) is 2. The molecule has 0 atom stereocenters. The quantitative estimate of drug-likeness (QED) is 0.526. The Morgan fingerprint density at radius 2 is 1.96 bits per heavy atom. The zero-order chi connectivity index (χ0) is 18.8. The predicted octanol–water partition coefficient (Wildman–Crippen LogP) is 4.99. The Bertz CT molecular complexity index is 1090. The van der Waals surface area contributed by atoms with Crippen LogP contribution in [-0.2, 0) is 11.8 Å². The predicted molar refractivity (Wildman–Crippen MR) is 106 cm³/mol. The lowest BCUT2D eigenvalue weighted by Gasteiger charge is -2.06. The van der Waals surface area contributed by atoms with Crippen molar-refractivity contribution in [2.45, 2.75) is 13.8 Å². The van der Waals surface area contributed by atoms with Crippen LogP contribution in [0.5, 0.6) is 0 Å². The van der Waals surface area contributed by atoms with Gasteiger partial charge in [-0.05, 0) is 43.7 Å². The number of anilines is 1. The first kappa shape index (κ1) is 17.8. The molecule has 1 aromatic heterocycles. The van der Waals surface area contributed by atoms with Gasteiger partial charge in [0, 0.05) is 39.9 Å². The summed E-state index contributed by atoms with van der Waals surface area (Å²) in [5, 5.41) is 13.8. The number of aromatic nitrogens is 1. The van der Waals surface area contributed by atoms with E-state index >= 15 is 0 Å². The normalized spacial score (nSPS) is 11.4. The van der Waals surface area contributed by atoms with Gasteiger partial charge in [0.1, 0.15) is 11.6 Å². The molecule has 1 amide bonds. The van der Waals surface area contributed by atoms with E-state index in [0.29, 0.717) is 10.7 Å². The van der Waals surface area contributed by atoms with Gasteiger partial charge in [0.05, 0.1) is 0 Å². The van der Waals surface area contributed by atoms with Gasteiger partial charge in [-0.25, -0.2) is 0 Å². The number of rotatable bonds is 3. The number of carbonyl (C=O) groups excluding carboxylic acids is 1. The molecule has 3 rings (SSSR count). The highest BCUT2D eigenvalue weighted by atomic mass is 35.5. The molecule has 0 aliphatic rings. The number of benzene rings is 2. The zero-order valence-corrected chi connectivity index (χ0v) is 15.6. The van der Waals surface area contributed by atoms with Crippen LogP contribution in [0.1, 0.15) is 16.8 Å². The van der Waals surface area contributed by atoms with Gasteiger partial charge in [-0.1, -0.05) is 35.9 Å². The summed E-state index contributed by atoms with van der Waals surface area (Å²) in [5.41, 5.74) is 4.44. The Morgan fingerprint density at radius 3 is 2.65 bits per heavy atom. The first-order valence-corrected chi connectivity index (χ1v) is 8.53. The molecule has 0 fully saturated rings. The van der Waals surface area contributed by atoms with Gasteiger partial charge in [-0.2, -0.15) is 5.26 Å². The van der Waals surface area contributed by atoms with E-state index < -0.39 is 5.91 Å². The first-order valence-electron chi connectivity index (χ1n) is 8.15. The highest BCUT2D eigenvalue weighted by Crippen LogP contribution is 2.27. The van der Waals surface area contributed by atoms with Gasteiger partial charge >= 0.3 is 0 Å². The molecule has 26 heavy (non-hydrogen) atoms. The van der Waals surface area contributed by atoms with Gasteiger partial charge in [0.2, 0.25) is 0 Å². The Hall–Kier alpha value is -3.03. The van der Waals surface area contributed by atoms with E-state index in [1.807, 2.05) is 61.9 Å². The monoisotopic (exact) mass is 363 g/mol. The van der Waals surface area contributed by atoms with Crippen molar-refractivity contribution >= 4 is 40.2 Å². The summed E-state index contributed by atoms with van der Waals surface area (Å²) in [6, 6.07) is 15.2. The van der Waals surface area contributed by atoms with Crippen LogP contribution in [0, 0.1) is 25.2 Å². The summed E-state index contributed by atoms with van der Waals surface area (Å²) in [7, 11) is 1.97. The molecule has 5 heteroatoms. The number of hydrogen-bond donors (Lipinski definition) is 1. The Balaban J connectivity index is 1.99. The van der Waals surface area contributed by atoms with Crippen LogP contribution in [-0.4, -0.2) is 10.5 Å². The van der Waals surface area contributed by atoms with Crippen molar-refractivity contribution in [2.75, 3.05) is 5.32 Å². The fraction of sp³-hybridized carbons (Fsp3) is 0.143. The molecule has 4 nitrogen and oxygen atoms in total. The maximum Gasteiger partial charge on any atom is 0.266 e. The van der Waals surface area contributed by atoms with Gasteiger partial charge < -0.3 is 9.88 Å². The third-order valence-electron chi connectivity index (χ3n) is 4.53. The van der Waals surface area contributed by atoms with Crippen molar-refractivity contribution in [1.82, 2.24) is 4.57 Å². The standard InChI is InChI=1S/C21H18ClN3O/c1-13-8-9-16(11-19(13)22)24-21(26)15(12-23)10-18-14(2)25(3)20-7-5-4-6-17(18)20/h4-11H,1-3H3,(H,24,26)/b15-10-. The SMILES string of the molecule is Cc1ccc(NC(=O)/C(C#N)=C\c2c(C)n(C)c3ccccc23)cc1Cl. The van der Waals surface area contributed by atoms with E-state index in [9.17, 15) is 10.1 Å². The lowest BCUT2D eigenvalue weighted by molar-refractivity contribution is -0.112. The average Bonchev–Trinajstić information content (AvgIpc) is 2.87. The molecular weight excluding hydrogens is 346 g/mol. The second-order valence-corrected chi connectivity index (χ2v) is 6.57. The number of fused-ring (bicyclic) bond motifs is 1. The van der Waals surface area contributed by atoms with E-state index in [-0.39, 0.29) is 5.57 Å². The minimum Gasteiger partial charge on any atom is -0.347 e. The van der Waals surface area contributed by atoms with Crippen molar-refractivity contribution in [3.05, 3.63) is 69.9 Å². The Kier molecular flexibility index (Phi) is 4.83. The second-order valence-electron chi connectivity index (χ2n) is 6.16. The molecule has 0 saturated heterocycles. The fourth-order valence-electron chi connectivity index (χ4n) is 2.89. The number of nitriles is 1. The van der Waals surface area contributed by atoms with Crippen molar-refractivity contribution in [3.63, 3.8) is 0 Å². The van der Waals surface area contributed by atoms with E-state index in [4.69, 9.17) is 11.6 Å². The molecule has 2 aromatic carbocycles. The van der Waals surface area contributed by atoms with Gasteiger partial charge in [0.15, 0.2) is 0 Å². The molecule has 130 valence electrons. The highest BCUT2D eigenvalue weighted by Gasteiger charge is 2.15. The summed E-state index contributed by atoms with van der Waals surface area (Å²) in [4.78, 5) is 12.5. The average molecular weight is 364 g/mol. The number of carbonyl (C=O) groups is 1. The van der Waals surface area contributed by atoms with Gasteiger partial charge in [0.25, 0.3) is 5.91 Å². The lowest BCUT2D eigenvalue weighted by atomic mass is 10.1. The maximum atomic E-state index is 12.5. The minimum absolute atomic E-state index is 0.0427. The Labute approximate surface area is 157 Å². The summed E-state index contributed by atoms with van der Waals surface area (Å²) < 4.78 is 2.05. The van der Waals surface area contributed by atoms with E-state index in [2.05, 4.69) is 5.32 Å². The molecule has 0 aliphatic carbocycles. The molecule has 0 unspecified atom stereocenters. The summed E-state index contributed by atoms with van der Waals surface area (Å²) in [6.45, 7) is 3.86. The van der Waals surface area contributed by atoms with E-state index in [1.165, 1.54) is 0 Å². The van der Waals surface area contributed by atoms with Crippen LogP contribution in [0.2, 0.25) is 5.02 Å². The number of aryl methyl sites for hydroxylation is 2. The van der Waals surface area contributed by atoms with E-state index in [1.54, 1.807) is 18.2 Å². The first-order chi connectivity index (χ1) is 12.4. The topological polar surface area (TPSA) is 57.8 Å². The van der Waals surface area contributed by atoms with Gasteiger partial charge in [-0.3, -0.25) is 4.79 Å². The van der Waals surface area contributed by atoms with Crippen LogP contribution in [0.25, 0.3) is 17.0 Å². The molecule has 3 aromatic rings. The largest absolute Gasteiger partial charge is 0.347 e. The molecule has 1 N–H and O–H groups in total. The number of nitrogens with zero attached hydrogens (tertiary/aromatic N) is 2. The van der Waals surface area contributed by atoms with Crippen molar-refractivity contribution in [1.29, 1.82) is 5.26 Å². The number of nitrogens with one attached hydrogen (secondary N) is 1. The number of halogens is 1. The maximum absolute atomic E-state index is 12.5. The molecular formula is C21H18ClN3O. The smallest absolute Gasteiger partial charge is 0.266 e. The molecule has 0 spiro atoms. The van der Waals surface area contributed by atoms with Crippen LogP contribution in [0.4, 0.5) is 5.69 Å². The highest BCUT2D eigenvalue weighted by molar-refractivity contribution is 6.31. The molecule has 0 bridgehead atoms. The van der Waals surface area contributed by atoms with Crippen molar-refractivity contribution < 1.29 is 4.79 Å². The summed E-state index contributed by atoms with van der Waals surface area (Å²) in [5.74, 6) is -0.459. The van der Waals surface area contributed by atoms with Gasteiger partial charge in [-0.15, -0.1) is 0 Å². The zero-order valence-electron chi connectivity index (χ0n) is 14.8.